The summed E-state index contributed by atoms with van der Waals surface area (Å²) in [6.45, 7) is 6.41. The average Bonchev–Trinajstić information content (AvgIpc) is 2.98. The van der Waals surface area contributed by atoms with Crippen molar-refractivity contribution in [3.8, 4) is 11.4 Å². The maximum atomic E-state index is 4.84. The summed E-state index contributed by atoms with van der Waals surface area (Å²) in [6, 6.07) is 8.62. The molecule has 2 heterocycles. The van der Waals surface area contributed by atoms with Crippen LogP contribution in [0.5, 0.6) is 0 Å². The fourth-order valence-corrected chi connectivity index (χ4v) is 3.29. The van der Waals surface area contributed by atoms with E-state index in [1.54, 1.807) is 0 Å². The average molecular weight is 286 g/mol. The summed E-state index contributed by atoms with van der Waals surface area (Å²) in [4.78, 5) is 4.84. The number of hydrogen-bond donors (Lipinski definition) is 1. The van der Waals surface area contributed by atoms with E-state index in [-0.39, 0.29) is 0 Å². The zero-order valence-corrected chi connectivity index (χ0v) is 13.0. The van der Waals surface area contributed by atoms with Gasteiger partial charge in [0.1, 0.15) is 10.8 Å². The molecule has 2 aromatic heterocycles. The van der Waals surface area contributed by atoms with Crippen molar-refractivity contribution in [1.82, 2.24) is 13.9 Å². The Labute approximate surface area is 122 Å². The Balaban J connectivity index is 2.35. The number of hydrogen-bond acceptors (Lipinski definition) is 4. The highest BCUT2D eigenvalue weighted by molar-refractivity contribution is 7.10. The van der Waals surface area contributed by atoms with Gasteiger partial charge in [-0.05, 0) is 44.4 Å². The first-order valence-corrected chi connectivity index (χ1v) is 7.52. The van der Waals surface area contributed by atoms with Crippen LogP contribution in [-0.2, 0) is 0 Å². The van der Waals surface area contributed by atoms with Gasteiger partial charge in [0.15, 0.2) is 0 Å². The first-order valence-electron chi connectivity index (χ1n) is 6.74. The first kappa shape index (κ1) is 13.1. The van der Waals surface area contributed by atoms with Crippen LogP contribution in [0.3, 0.4) is 0 Å². The van der Waals surface area contributed by atoms with Gasteiger partial charge in [0.25, 0.3) is 0 Å². The van der Waals surface area contributed by atoms with Crippen molar-refractivity contribution >= 4 is 27.6 Å². The zero-order valence-electron chi connectivity index (χ0n) is 12.1. The zero-order chi connectivity index (χ0) is 14.3. The van der Waals surface area contributed by atoms with Crippen molar-refractivity contribution < 1.29 is 0 Å². The Morgan fingerprint density at radius 3 is 2.70 bits per heavy atom. The number of para-hydroxylation sites is 2. The topological polar surface area (TPSA) is 42.7 Å². The fourth-order valence-electron chi connectivity index (χ4n) is 2.55. The molecule has 0 bridgehead atoms. The molecule has 0 radical (unpaired) electrons. The molecule has 5 heteroatoms. The number of benzene rings is 1. The Bertz CT molecular complexity index is 754. The number of aryl methyl sites for hydroxylation is 1. The Kier molecular flexibility index (Phi) is 3.22. The van der Waals surface area contributed by atoms with Gasteiger partial charge < -0.3 is 9.88 Å². The van der Waals surface area contributed by atoms with Gasteiger partial charge in [-0.3, -0.25) is 0 Å². The SMILES string of the molecule is CNc1snc(C)c1-c1nc2ccccc2n1C(C)C. The van der Waals surface area contributed by atoms with Crippen LogP contribution < -0.4 is 5.32 Å². The lowest BCUT2D eigenvalue weighted by molar-refractivity contribution is 0.624. The predicted octanol–water partition coefficient (Wildman–Crippen LogP) is 4.09. The number of imidazole rings is 1. The summed E-state index contributed by atoms with van der Waals surface area (Å²) < 4.78 is 6.74. The summed E-state index contributed by atoms with van der Waals surface area (Å²) in [5, 5.41) is 4.30. The largest absolute Gasteiger partial charge is 0.378 e. The summed E-state index contributed by atoms with van der Waals surface area (Å²) in [6.07, 6.45) is 0. The molecule has 0 aliphatic carbocycles. The number of nitrogens with zero attached hydrogens (tertiary/aromatic N) is 3. The predicted molar refractivity (Wildman–Crippen MR) is 85.5 cm³/mol. The molecule has 0 saturated carbocycles. The second-order valence-electron chi connectivity index (χ2n) is 5.11. The van der Waals surface area contributed by atoms with Crippen molar-refractivity contribution in [2.24, 2.45) is 0 Å². The van der Waals surface area contributed by atoms with Gasteiger partial charge in [-0.2, -0.15) is 4.37 Å². The van der Waals surface area contributed by atoms with E-state index in [4.69, 9.17) is 4.98 Å². The molecule has 0 saturated heterocycles. The minimum absolute atomic E-state index is 0.349. The highest BCUT2D eigenvalue weighted by Crippen LogP contribution is 2.37. The van der Waals surface area contributed by atoms with Gasteiger partial charge >= 0.3 is 0 Å². The highest BCUT2D eigenvalue weighted by atomic mass is 32.1. The summed E-state index contributed by atoms with van der Waals surface area (Å²) in [5.41, 5.74) is 4.34. The third kappa shape index (κ3) is 1.89. The molecule has 20 heavy (non-hydrogen) atoms. The molecule has 4 nitrogen and oxygen atoms in total. The fraction of sp³-hybridized carbons (Fsp3) is 0.333. The van der Waals surface area contributed by atoms with E-state index in [1.165, 1.54) is 17.0 Å². The Hall–Kier alpha value is -1.88. The summed E-state index contributed by atoms with van der Waals surface area (Å²) in [7, 11) is 1.93. The molecule has 0 spiro atoms. The standard InChI is InChI=1S/C15H18N4S/c1-9(2)19-12-8-6-5-7-11(12)17-14(19)13-10(3)18-20-15(13)16-4/h5-9,16H,1-4H3. The van der Waals surface area contributed by atoms with Gasteiger partial charge in [-0.25, -0.2) is 4.98 Å². The lowest BCUT2D eigenvalue weighted by atomic mass is 10.2. The van der Waals surface area contributed by atoms with Gasteiger partial charge in [0.05, 0.1) is 22.3 Å². The smallest absolute Gasteiger partial charge is 0.146 e. The van der Waals surface area contributed by atoms with Crippen molar-refractivity contribution in [3.05, 3.63) is 30.0 Å². The van der Waals surface area contributed by atoms with Crippen molar-refractivity contribution in [2.45, 2.75) is 26.8 Å². The highest BCUT2D eigenvalue weighted by Gasteiger charge is 2.20. The number of aromatic nitrogens is 3. The van der Waals surface area contributed by atoms with E-state index < -0.39 is 0 Å². The van der Waals surface area contributed by atoms with Crippen LogP contribution in [-0.4, -0.2) is 21.0 Å². The normalized spacial score (nSPS) is 11.4. The second-order valence-corrected chi connectivity index (χ2v) is 5.88. The van der Waals surface area contributed by atoms with E-state index in [0.29, 0.717) is 6.04 Å². The lowest BCUT2D eigenvalue weighted by Gasteiger charge is -2.13. The molecule has 1 aromatic carbocycles. The van der Waals surface area contributed by atoms with E-state index in [1.807, 2.05) is 20.0 Å². The first-order chi connectivity index (χ1) is 9.63. The molecule has 0 amide bonds. The molecule has 1 N–H and O–H groups in total. The van der Waals surface area contributed by atoms with Crippen LogP contribution in [0, 0.1) is 6.92 Å². The molecular formula is C15H18N4S. The van der Waals surface area contributed by atoms with Crippen LogP contribution in [0.15, 0.2) is 24.3 Å². The molecule has 0 aliphatic rings. The van der Waals surface area contributed by atoms with Gasteiger partial charge in [-0.15, -0.1) is 0 Å². The van der Waals surface area contributed by atoms with Gasteiger partial charge in [0, 0.05) is 13.1 Å². The molecule has 0 unspecified atom stereocenters. The van der Waals surface area contributed by atoms with Crippen molar-refractivity contribution in [1.29, 1.82) is 0 Å². The van der Waals surface area contributed by atoms with Gasteiger partial charge in [0.2, 0.25) is 0 Å². The lowest BCUT2D eigenvalue weighted by Crippen LogP contribution is -2.04. The quantitative estimate of drug-likeness (QED) is 0.788. The summed E-state index contributed by atoms with van der Waals surface area (Å²) in [5.74, 6) is 0.997. The maximum Gasteiger partial charge on any atom is 0.146 e. The van der Waals surface area contributed by atoms with Crippen LogP contribution in [0.2, 0.25) is 0 Å². The van der Waals surface area contributed by atoms with Crippen LogP contribution in [0.25, 0.3) is 22.4 Å². The number of anilines is 1. The Morgan fingerprint density at radius 1 is 1.25 bits per heavy atom. The minimum Gasteiger partial charge on any atom is -0.378 e. The Morgan fingerprint density at radius 2 is 2.00 bits per heavy atom. The van der Waals surface area contributed by atoms with Gasteiger partial charge in [-0.1, -0.05) is 12.1 Å². The molecule has 104 valence electrons. The molecule has 0 atom stereocenters. The molecule has 3 aromatic rings. The van der Waals surface area contributed by atoms with Crippen LogP contribution in [0.1, 0.15) is 25.6 Å². The molecule has 0 fully saturated rings. The van der Waals surface area contributed by atoms with E-state index in [2.05, 4.69) is 46.3 Å². The molecular weight excluding hydrogens is 268 g/mol. The number of nitrogens with one attached hydrogen (secondary N) is 1. The van der Waals surface area contributed by atoms with E-state index in [0.717, 1.165) is 27.6 Å². The third-order valence-corrected chi connectivity index (χ3v) is 4.38. The monoisotopic (exact) mass is 286 g/mol. The third-order valence-electron chi connectivity index (χ3n) is 3.43. The minimum atomic E-state index is 0.349. The molecule has 0 aliphatic heterocycles. The van der Waals surface area contributed by atoms with E-state index >= 15 is 0 Å². The number of fused-ring (bicyclic) bond motifs is 1. The van der Waals surface area contributed by atoms with E-state index in [9.17, 15) is 0 Å². The maximum absolute atomic E-state index is 4.84. The van der Waals surface area contributed by atoms with Crippen molar-refractivity contribution in [2.75, 3.05) is 12.4 Å². The summed E-state index contributed by atoms with van der Waals surface area (Å²) >= 11 is 1.49. The number of rotatable bonds is 3. The van der Waals surface area contributed by atoms with Crippen LogP contribution >= 0.6 is 11.5 Å². The van der Waals surface area contributed by atoms with Crippen LogP contribution in [0.4, 0.5) is 5.00 Å². The van der Waals surface area contributed by atoms with Crippen molar-refractivity contribution in [3.63, 3.8) is 0 Å². The molecule has 3 rings (SSSR count). The second kappa shape index (κ2) is 4.90.